The average molecular weight is 296 g/mol. The van der Waals surface area contributed by atoms with Crippen molar-refractivity contribution in [1.29, 1.82) is 0 Å². The molecule has 1 rings (SSSR count). The largest absolute Gasteiger partial charge is 0.406 e. The second kappa shape index (κ2) is 7.27. The van der Waals surface area contributed by atoms with Gasteiger partial charge in [-0.1, -0.05) is 6.92 Å². The Kier molecular flexibility index (Phi) is 6.71. The molecule has 0 spiro atoms. The third-order valence-corrected chi connectivity index (χ3v) is 12.1. The third-order valence-electron chi connectivity index (χ3n) is 3.38. The van der Waals surface area contributed by atoms with Crippen molar-refractivity contribution in [2.24, 2.45) is 0 Å². The minimum Gasteiger partial charge on any atom is -0.406 e. The lowest BCUT2D eigenvalue weighted by atomic mass is 10.4. The van der Waals surface area contributed by atoms with Gasteiger partial charge in [0.2, 0.25) is 0 Å². The van der Waals surface area contributed by atoms with Crippen LogP contribution in [-0.2, 0) is 13.3 Å². The van der Waals surface area contributed by atoms with Crippen LogP contribution in [0, 0.1) is 0 Å². The molecule has 102 valence electrons. The van der Waals surface area contributed by atoms with Gasteiger partial charge in [-0.2, -0.15) is 0 Å². The van der Waals surface area contributed by atoms with E-state index >= 15 is 0 Å². The van der Waals surface area contributed by atoms with E-state index in [-0.39, 0.29) is 0 Å². The van der Waals surface area contributed by atoms with Crippen LogP contribution in [0.1, 0.15) is 13.3 Å². The first kappa shape index (κ1) is 15.7. The molecule has 0 radical (unpaired) electrons. The summed E-state index contributed by atoms with van der Waals surface area (Å²) in [5.74, 6) is 0. The van der Waals surface area contributed by atoms with Gasteiger partial charge in [-0.05, 0) is 25.6 Å². The van der Waals surface area contributed by atoms with Crippen molar-refractivity contribution >= 4 is 28.1 Å². The van der Waals surface area contributed by atoms with Gasteiger partial charge in [0.15, 0.2) is 0 Å². The summed E-state index contributed by atoms with van der Waals surface area (Å²) in [6, 6.07) is 1.26. The van der Waals surface area contributed by atoms with Crippen LogP contribution in [0.4, 0.5) is 0 Å². The Morgan fingerprint density at radius 3 is 2.53 bits per heavy atom. The normalized spacial score (nSPS) is 27.9. The van der Waals surface area contributed by atoms with E-state index in [0.29, 0.717) is 5.25 Å². The Bertz CT molecular complexity index is 234. The lowest BCUT2D eigenvalue weighted by molar-refractivity contribution is 0.299. The van der Waals surface area contributed by atoms with Gasteiger partial charge < -0.3 is 17.8 Å². The van der Waals surface area contributed by atoms with Crippen LogP contribution in [-0.4, -0.2) is 61.1 Å². The molecular weight excluding hydrogens is 270 g/mol. The van der Waals surface area contributed by atoms with Gasteiger partial charge in [-0.25, -0.2) is 0 Å². The Balaban J connectivity index is 2.42. The highest BCUT2D eigenvalue weighted by atomic mass is 32.4. The summed E-state index contributed by atoms with van der Waals surface area (Å²) >= 11 is 1.86. The molecule has 0 aromatic heterocycles. The zero-order valence-corrected chi connectivity index (χ0v) is 14.5. The molecule has 1 aliphatic rings. The van der Waals surface area contributed by atoms with Crippen LogP contribution in [0.2, 0.25) is 12.6 Å². The van der Waals surface area contributed by atoms with Gasteiger partial charge in [-0.3, -0.25) is 0 Å². The molecule has 4 nitrogen and oxygen atoms in total. The fourth-order valence-electron chi connectivity index (χ4n) is 2.26. The van der Waals surface area contributed by atoms with Gasteiger partial charge in [-0.15, -0.1) is 11.2 Å². The first-order chi connectivity index (χ1) is 8.05. The standard InChI is InChI=1S/C10H25NO3SSi2/c1-10(15-16(12-2)13-3)9-11-7-6-8-17(11,5)14-4/h10,16H,6-9H2,1-5H3. The molecule has 0 saturated carbocycles. The second-order valence-electron chi connectivity index (χ2n) is 4.64. The maximum Gasteiger partial charge on any atom is 0.389 e. The molecular formula is C10H25NO3SSi2. The van der Waals surface area contributed by atoms with E-state index in [2.05, 4.69) is 18.0 Å². The Hall–Kier alpha value is 0.624. The minimum absolute atomic E-state index is 0.548. The van der Waals surface area contributed by atoms with Crippen molar-refractivity contribution in [3.8, 4) is 0 Å². The molecule has 0 aromatic rings. The molecule has 0 amide bonds. The highest BCUT2D eigenvalue weighted by Gasteiger charge is 2.40. The Morgan fingerprint density at radius 2 is 2.00 bits per heavy atom. The van der Waals surface area contributed by atoms with Crippen LogP contribution >= 0.6 is 11.2 Å². The summed E-state index contributed by atoms with van der Waals surface area (Å²) in [4.78, 5) is 0. The number of nitrogens with zero attached hydrogens (tertiary/aromatic N) is 1. The molecule has 2 atom stereocenters. The molecule has 2 unspecified atom stereocenters. The minimum atomic E-state index is -1.57. The molecule has 0 aliphatic carbocycles. The lowest BCUT2D eigenvalue weighted by Crippen LogP contribution is -2.50. The fourth-order valence-corrected chi connectivity index (χ4v) is 8.40. The van der Waals surface area contributed by atoms with Crippen molar-refractivity contribution in [3.63, 3.8) is 0 Å². The van der Waals surface area contributed by atoms with Crippen LogP contribution in [0.3, 0.4) is 0 Å². The van der Waals surface area contributed by atoms with Crippen LogP contribution in [0.15, 0.2) is 0 Å². The topological polar surface area (TPSA) is 30.9 Å². The molecule has 1 aliphatic heterocycles. The van der Waals surface area contributed by atoms with E-state index < -0.39 is 16.9 Å². The average Bonchev–Trinajstić information content (AvgIpc) is 2.68. The second-order valence-corrected chi connectivity index (χ2v) is 13.1. The van der Waals surface area contributed by atoms with Gasteiger partial charge in [0.25, 0.3) is 8.48 Å². The van der Waals surface area contributed by atoms with Gasteiger partial charge >= 0.3 is 8.43 Å². The maximum atomic E-state index is 5.77. The lowest BCUT2D eigenvalue weighted by Gasteiger charge is -2.33. The number of hydrogen-bond donors (Lipinski definition) is 0. The first-order valence-corrected chi connectivity index (χ1v) is 11.9. The van der Waals surface area contributed by atoms with Gasteiger partial charge in [0.1, 0.15) is 0 Å². The predicted molar refractivity (Wildman–Crippen MR) is 77.8 cm³/mol. The van der Waals surface area contributed by atoms with Gasteiger partial charge in [0.05, 0.1) is 0 Å². The molecule has 0 N–H and O–H groups in total. The summed E-state index contributed by atoms with van der Waals surface area (Å²) in [6.45, 7) is 6.86. The van der Waals surface area contributed by atoms with Crippen molar-refractivity contribution in [2.45, 2.75) is 31.2 Å². The molecule has 1 fully saturated rings. The monoisotopic (exact) mass is 295 g/mol. The summed E-state index contributed by atoms with van der Waals surface area (Å²) in [5.41, 5.74) is 0. The maximum absolute atomic E-state index is 5.77. The quantitative estimate of drug-likeness (QED) is 0.665. The number of hydrogen-bond acceptors (Lipinski definition) is 5. The summed E-state index contributed by atoms with van der Waals surface area (Å²) < 4.78 is 19.1. The van der Waals surface area contributed by atoms with Crippen molar-refractivity contribution in [1.82, 2.24) is 4.57 Å². The molecule has 0 bridgehead atoms. The van der Waals surface area contributed by atoms with Crippen molar-refractivity contribution in [3.05, 3.63) is 0 Å². The molecule has 7 heteroatoms. The molecule has 1 heterocycles. The highest BCUT2D eigenvalue weighted by molar-refractivity contribution is 8.24. The first-order valence-electron chi connectivity index (χ1n) is 6.07. The molecule has 17 heavy (non-hydrogen) atoms. The zero-order valence-electron chi connectivity index (χ0n) is 11.6. The summed E-state index contributed by atoms with van der Waals surface area (Å²) in [6.07, 6.45) is 1.28. The van der Waals surface area contributed by atoms with Crippen molar-refractivity contribution in [2.75, 3.05) is 34.4 Å². The van der Waals surface area contributed by atoms with Gasteiger partial charge in [0, 0.05) is 33.1 Å². The predicted octanol–water partition coefficient (Wildman–Crippen LogP) is 1.54. The third kappa shape index (κ3) is 4.34. The number of rotatable bonds is 7. The van der Waals surface area contributed by atoms with Crippen molar-refractivity contribution < 1.29 is 13.3 Å². The van der Waals surface area contributed by atoms with E-state index in [1.165, 1.54) is 19.0 Å². The van der Waals surface area contributed by atoms with Crippen LogP contribution < -0.4 is 0 Å². The zero-order chi connectivity index (χ0) is 12.9. The fraction of sp³-hybridized carbons (Fsp3) is 1.00. The van der Waals surface area contributed by atoms with E-state index in [4.69, 9.17) is 13.3 Å². The highest BCUT2D eigenvalue weighted by Crippen LogP contribution is 2.28. The van der Waals surface area contributed by atoms with Crippen LogP contribution in [0.5, 0.6) is 0 Å². The van der Waals surface area contributed by atoms with E-state index in [0.717, 1.165) is 6.54 Å². The Labute approximate surface area is 112 Å². The van der Waals surface area contributed by atoms with Crippen LogP contribution in [0.25, 0.3) is 0 Å². The Morgan fingerprint density at radius 1 is 1.35 bits per heavy atom. The van der Waals surface area contributed by atoms with E-state index in [9.17, 15) is 0 Å². The van der Waals surface area contributed by atoms with E-state index in [1.54, 1.807) is 14.2 Å². The SMILES string of the molecule is CO[SiH](OC)SC(C)CN1CCC[Si]1(C)OC. The molecule has 1 saturated heterocycles. The summed E-state index contributed by atoms with van der Waals surface area (Å²) in [5, 5.41) is 0.548. The summed E-state index contributed by atoms with van der Waals surface area (Å²) in [7, 11) is 2.28. The van der Waals surface area contributed by atoms with E-state index in [1.807, 2.05) is 18.3 Å². The molecule has 0 aromatic carbocycles. The smallest absolute Gasteiger partial charge is 0.389 e.